The molecule has 0 fully saturated rings. The van der Waals surface area contributed by atoms with E-state index in [1.54, 1.807) is 13.0 Å². The van der Waals surface area contributed by atoms with E-state index < -0.39 is 17.5 Å². The highest BCUT2D eigenvalue weighted by Crippen LogP contribution is 2.24. The molecule has 1 aromatic heterocycles. The fourth-order valence-corrected chi connectivity index (χ4v) is 2.42. The van der Waals surface area contributed by atoms with Crippen molar-refractivity contribution in [2.24, 2.45) is 0 Å². The Morgan fingerprint density at radius 2 is 1.56 bits per heavy atom. The minimum absolute atomic E-state index is 0.0623. The second kappa shape index (κ2) is 7.53. The van der Waals surface area contributed by atoms with Crippen molar-refractivity contribution in [3.05, 3.63) is 65.6 Å². The van der Waals surface area contributed by atoms with Crippen molar-refractivity contribution >= 4 is 28.8 Å². The van der Waals surface area contributed by atoms with Crippen molar-refractivity contribution in [3.8, 4) is 0 Å². The van der Waals surface area contributed by atoms with Crippen LogP contribution in [0.4, 0.5) is 42.0 Å². The molecule has 5 nitrogen and oxygen atoms in total. The fraction of sp³-hybridized carbons (Fsp3) is 0.158. The zero-order valence-electron chi connectivity index (χ0n) is 15.0. The molecule has 27 heavy (non-hydrogen) atoms. The maximum Gasteiger partial charge on any atom is 0.229 e. The molecule has 140 valence electrons. The number of anilines is 5. The van der Waals surface area contributed by atoms with Crippen LogP contribution in [0.3, 0.4) is 0 Å². The van der Waals surface area contributed by atoms with E-state index in [9.17, 15) is 13.2 Å². The first-order valence-corrected chi connectivity index (χ1v) is 8.14. The first-order valence-electron chi connectivity index (χ1n) is 8.14. The molecule has 0 bridgehead atoms. The van der Waals surface area contributed by atoms with Gasteiger partial charge < -0.3 is 15.5 Å². The molecule has 8 heteroatoms. The van der Waals surface area contributed by atoms with Gasteiger partial charge in [-0.3, -0.25) is 0 Å². The minimum Gasteiger partial charge on any atom is -0.378 e. The molecule has 3 rings (SSSR count). The van der Waals surface area contributed by atoms with Crippen molar-refractivity contribution in [2.75, 3.05) is 29.6 Å². The van der Waals surface area contributed by atoms with E-state index in [0.29, 0.717) is 11.5 Å². The summed E-state index contributed by atoms with van der Waals surface area (Å²) in [5, 5.41) is 5.72. The SMILES string of the molecule is Cc1cc(Nc2ccc(N(C)C)cc2)nc(Nc2ccc(F)c(F)c2F)n1. The number of benzene rings is 2. The number of rotatable bonds is 5. The minimum atomic E-state index is -1.55. The number of nitrogens with zero attached hydrogens (tertiary/aromatic N) is 3. The molecular weight excluding hydrogens is 355 g/mol. The number of aromatic nitrogens is 2. The molecule has 0 unspecified atom stereocenters. The van der Waals surface area contributed by atoms with Crippen LogP contribution in [-0.4, -0.2) is 24.1 Å². The molecular formula is C19H18F3N5. The molecule has 0 aliphatic rings. The smallest absolute Gasteiger partial charge is 0.229 e. The van der Waals surface area contributed by atoms with Gasteiger partial charge in [-0.1, -0.05) is 0 Å². The second-order valence-corrected chi connectivity index (χ2v) is 6.13. The van der Waals surface area contributed by atoms with Gasteiger partial charge in [0.05, 0.1) is 5.69 Å². The highest BCUT2D eigenvalue weighted by atomic mass is 19.2. The van der Waals surface area contributed by atoms with E-state index in [1.807, 2.05) is 43.3 Å². The monoisotopic (exact) mass is 373 g/mol. The number of hydrogen-bond acceptors (Lipinski definition) is 5. The van der Waals surface area contributed by atoms with Gasteiger partial charge in [-0.15, -0.1) is 0 Å². The molecule has 2 N–H and O–H groups in total. The van der Waals surface area contributed by atoms with Crippen molar-refractivity contribution in [2.45, 2.75) is 6.92 Å². The second-order valence-electron chi connectivity index (χ2n) is 6.13. The summed E-state index contributed by atoms with van der Waals surface area (Å²) in [4.78, 5) is 10.4. The normalized spacial score (nSPS) is 10.6. The van der Waals surface area contributed by atoms with E-state index in [-0.39, 0.29) is 11.6 Å². The topological polar surface area (TPSA) is 53.1 Å². The van der Waals surface area contributed by atoms with Crippen LogP contribution >= 0.6 is 0 Å². The largest absolute Gasteiger partial charge is 0.378 e. The standard InChI is InChI=1S/C19H18F3N5/c1-11-10-16(24-12-4-6-13(7-5-12)27(2)3)26-19(23-11)25-15-9-8-14(20)17(21)18(15)22/h4-10H,1-3H3,(H2,23,24,25,26). The summed E-state index contributed by atoms with van der Waals surface area (Å²) in [6, 6.07) is 11.3. The summed E-state index contributed by atoms with van der Waals surface area (Å²) in [6.07, 6.45) is 0. The van der Waals surface area contributed by atoms with E-state index in [0.717, 1.165) is 23.5 Å². The van der Waals surface area contributed by atoms with E-state index in [2.05, 4.69) is 20.6 Å². The van der Waals surface area contributed by atoms with Crippen LogP contribution in [-0.2, 0) is 0 Å². The molecule has 0 saturated carbocycles. The Hall–Kier alpha value is -3.29. The third-order valence-corrected chi connectivity index (χ3v) is 3.79. The Kier molecular flexibility index (Phi) is 5.16. The summed E-state index contributed by atoms with van der Waals surface area (Å²) < 4.78 is 40.3. The van der Waals surface area contributed by atoms with Crippen LogP contribution in [0.5, 0.6) is 0 Å². The third-order valence-electron chi connectivity index (χ3n) is 3.79. The van der Waals surface area contributed by atoms with E-state index in [1.165, 1.54) is 0 Å². The number of aryl methyl sites for hydroxylation is 1. The molecule has 0 radical (unpaired) electrons. The van der Waals surface area contributed by atoms with Crippen LogP contribution in [0.15, 0.2) is 42.5 Å². The molecule has 1 heterocycles. The van der Waals surface area contributed by atoms with Gasteiger partial charge in [-0.25, -0.2) is 18.2 Å². The van der Waals surface area contributed by atoms with Crippen molar-refractivity contribution in [1.82, 2.24) is 9.97 Å². The number of nitrogens with one attached hydrogen (secondary N) is 2. The Balaban J connectivity index is 1.83. The quantitative estimate of drug-likeness (QED) is 0.632. The summed E-state index contributed by atoms with van der Waals surface area (Å²) in [5.74, 6) is -3.59. The van der Waals surface area contributed by atoms with Gasteiger partial charge in [0, 0.05) is 37.2 Å². The highest BCUT2D eigenvalue weighted by Gasteiger charge is 2.14. The molecule has 3 aromatic rings. The van der Waals surface area contributed by atoms with Gasteiger partial charge in [-0.2, -0.15) is 4.98 Å². The van der Waals surface area contributed by atoms with Gasteiger partial charge in [-0.05, 0) is 43.3 Å². The molecule has 0 amide bonds. The fourth-order valence-electron chi connectivity index (χ4n) is 2.42. The first-order chi connectivity index (χ1) is 12.8. The summed E-state index contributed by atoms with van der Waals surface area (Å²) >= 11 is 0. The van der Waals surface area contributed by atoms with Gasteiger partial charge >= 0.3 is 0 Å². The van der Waals surface area contributed by atoms with E-state index in [4.69, 9.17) is 0 Å². The van der Waals surface area contributed by atoms with Crippen molar-refractivity contribution < 1.29 is 13.2 Å². The lowest BCUT2D eigenvalue weighted by Gasteiger charge is -2.14. The highest BCUT2D eigenvalue weighted by molar-refractivity contribution is 5.62. The maximum absolute atomic E-state index is 13.8. The molecule has 2 aromatic carbocycles. The lowest BCUT2D eigenvalue weighted by Crippen LogP contribution is -2.08. The summed E-state index contributed by atoms with van der Waals surface area (Å²) in [6.45, 7) is 1.74. The number of hydrogen-bond donors (Lipinski definition) is 2. The molecule has 0 atom stereocenters. The van der Waals surface area contributed by atoms with Crippen LogP contribution in [0, 0.1) is 24.4 Å². The van der Waals surface area contributed by atoms with Crippen LogP contribution < -0.4 is 15.5 Å². The molecule has 0 spiro atoms. The Morgan fingerprint density at radius 3 is 2.22 bits per heavy atom. The number of halogens is 3. The van der Waals surface area contributed by atoms with Crippen LogP contribution in [0.25, 0.3) is 0 Å². The predicted molar refractivity (Wildman–Crippen MR) is 100 cm³/mol. The first kappa shape index (κ1) is 18.5. The lowest BCUT2D eigenvalue weighted by molar-refractivity contribution is 0.449. The predicted octanol–water partition coefficient (Wildman–Crippen LogP) is 4.76. The Bertz CT molecular complexity index is 958. The Morgan fingerprint density at radius 1 is 0.852 bits per heavy atom. The molecule has 0 aliphatic heterocycles. The zero-order valence-corrected chi connectivity index (χ0v) is 15.0. The van der Waals surface area contributed by atoms with Gasteiger partial charge in [0.25, 0.3) is 0 Å². The van der Waals surface area contributed by atoms with E-state index >= 15 is 0 Å². The third kappa shape index (κ3) is 4.28. The Labute approximate surface area is 154 Å². The zero-order chi connectivity index (χ0) is 19.6. The summed E-state index contributed by atoms with van der Waals surface area (Å²) in [7, 11) is 3.90. The maximum atomic E-state index is 13.8. The van der Waals surface area contributed by atoms with Crippen molar-refractivity contribution in [3.63, 3.8) is 0 Å². The average Bonchev–Trinajstić information content (AvgIpc) is 2.62. The molecule has 0 saturated heterocycles. The van der Waals surface area contributed by atoms with Gasteiger partial charge in [0.15, 0.2) is 17.5 Å². The average molecular weight is 373 g/mol. The lowest BCUT2D eigenvalue weighted by atomic mass is 10.2. The van der Waals surface area contributed by atoms with Crippen LogP contribution in [0.1, 0.15) is 5.69 Å². The van der Waals surface area contributed by atoms with Crippen LogP contribution in [0.2, 0.25) is 0 Å². The van der Waals surface area contributed by atoms with Gasteiger partial charge in [0.1, 0.15) is 5.82 Å². The molecule has 0 aliphatic carbocycles. The van der Waals surface area contributed by atoms with Crippen molar-refractivity contribution in [1.29, 1.82) is 0 Å². The van der Waals surface area contributed by atoms with Gasteiger partial charge in [0.2, 0.25) is 5.95 Å². The summed E-state index contributed by atoms with van der Waals surface area (Å²) in [5.41, 5.74) is 2.22.